The smallest absolute Gasteiger partial charge is 0.293 e. The number of nitrogens with two attached hydrogens (primary N) is 1. The highest BCUT2D eigenvalue weighted by atomic mass is 32.2. The molecule has 0 spiro atoms. The molecule has 0 saturated carbocycles. The van der Waals surface area contributed by atoms with E-state index in [2.05, 4.69) is 10.6 Å². The van der Waals surface area contributed by atoms with E-state index >= 15 is 0 Å². The molecule has 4 N–H and O–H groups in total. The van der Waals surface area contributed by atoms with Crippen molar-refractivity contribution >= 4 is 27.3 Å². The van der Waals surface area contributed by atoms with Crippen molar-refractivity contribution in [3.63, 3.8) is 0 Å². The van der Waals surface area contributed by atoms with Crippen LogP contribution in [-0.4, -0.2) is 44.5 Å². The number of para-hydroxylation sites is 1. The molecule has 12 heteroatoms. The molecule has 2 aromatic carbocycles. The summed E-state index contributed by atoms with van der Waals surface area (Å²) in [6, 6.07) is 9.00. The van der Waals surface area contributed by atoms with Gasteiger partial charge in [-0.05, 0) is 32.0 Å². The number of nitrogens with zero attached hydrogens (tertiary/aromatic N) is 1. The average molecular weight is 479 g/mol. The Morgan fingerprint density at radius 3 is 2.73 bits per heavy atom. The number of hydrogen-bond acceptors (Lipinski definition) is 8. The number of amides is 1. The number of fused-ring (bicyclic) bond motifs is 1. The summed E-state index contributed by atoms with van der Waals surface area (Å²) < 4.78 is 34.5. The topological polar surface area (TPSA) is 163 Å². The van der Waals surface area contributed by atoms with E-state index in [0.29, 0.717) is 5.75 Å². The van der Waals surface area contributed by atoms with Gasteiger partial charge in [-0.25, -0.2) is 13.6 Å². The normalized spacial score (nSPS) is 14.2. The van der Waals surface area contributed by atoms with Crippen LogP contribution >= 0.6 is 0 Å². The van der Waals surface area contributed by atoms with E-state index in [0.717, 1.165) is 29.9 Å². The largest absolute Gasteiger partial charge is 0.488 e. The van der Waals surface area contributed by atoms with Crippen molar-refractivity contribution in [2.45, 2.75) is 37.2 Å². The summed E-state index contributed by atoms with van der Waals surface area (Å²) in [5.41, 5.74) is 0.441. The monoisotopic (exact) mass is 478 g/mol. The van der Waals surface area contributed by atoms with Crippen LogP contribution in [-0.2, 0) is 21.2 Å². The van der Waals surface area contributed by atoms with Crippen molar-refractivity contribution in [2.24, 2.45) is 5.14 Å². The molecule has 3 rings (SSSR count). The zero-order valence-electron chi connectivity index (χ0n) is 18.3. The molecule has 0 radical (unpaired) electrons. The zero-order valence-corrected chi connectivity index (χ0v) is 19.1. The fourth-order valence-corrected chi connectivity index (χ4v) is 3.97. The molecular weight excluding hydrogens is 452 g/mol. The Morgan fingerprint density at radius 1 is 1.27 bits per heavy atom. The third kappa shape index (κ3) is 6.33. The minimum Gasteiger partial charge on any atom is -0.488 e. The van der Waals surface area contributed by atoms with Gasteiger partial charge in [-0.1, -0.05) is 12.1 Å². The number of nitro groups is 1. The molecule has 1 aliphatic rings. The number of benzene rings is 2. The Kier molecular flexibility index (Phi) is 7.08. The summed E-state index contributed by atoms with van der Waals surface area (Å²) in [7, 11) is -4.07. The quantitative estimate of drug-likeness (QED) is 0.265. The van der Waals surface area contributed by atoms with Gasteiger partial charge in [-0.3, -0.25) is 14.9 Å². The molecule has 1 heterocycles. The molecule has 0 saturated heterocycles. The van der Waals surface area contributed by atoms with Gasteiger partial charge in [0.05, 0.1) is 16.4 Å². The number of sulfonamides is 1. The summed E-state index contributed by atoms with van der Waals surface area (Å²) in [4.78, 5) is 22.2. The van der Waals surface area contributed by atoms with Crippen LogP contribution in [0, 0.1) is 10.1 Å². The number of carbonyl (C=O) groups is 1. The van der Waals surface area contributed by atoms with Gasteiger partial charge in [0.1, 0.15) is 17.9 Å². The lowest BCUT2D eigenvalue weighted by Crippen LogP contribution is -2.29. The summed E-state index contributed by atoms with van der Waals surface area (Å²) >= 11 is 0. The van der Waals surface area contributed by atoms with Gasteiger partial charge in [0, 0.05) is 31.0 Å². The van der Waals surface area contributed by atoms with Gasteiger partial charge < -0.3 is 20.1 Å². The molecule has 0 unspecified atom stereocenters. The lowest BCUT2D eigenvalue weighted by molar-refractivity contribution is -0.384. The lowest BCUT2D eigenvalue weighted by Gasteiger charge is -2.18. The van der Waals surface area contributed by atoms with Crippen LogP contribution in [0.25, 0.3) is 0 Å². The minimum atomic E-state index is -4.07. The Morgan fingerprint density at radius 2 is 2.03 bits per heavy atom. The van der Waals surface area contributed by atoms with Crippen molar-refractivity contribution in [2.75, 3.05) is 25.0 Å². The van der Waals surface area contributed by atoms with Gasteiger partial charge in [0.2, 0.25) is 15.9 Å². The van der Waals surface area contributed by atoms with E-state index in [1.807, 2.05) is 32.0 Å². The average Bonchev–Trinajstić information content (AvgIpc) is 3.05. The summed E-state index contributed by atoms with van der Waals surface area (Å²) in [6.07, 6.45) is 0.846. The second kappa shape index (κ2) is 9.63. The summed E-state index contributed by atoms with van der Waals surface area (Å²) in [6.45, 7) is 4.65. The fraction of sp³-hybridized carbons (Fsp3) is 0.381. The number of anilines is 1. The maximum atomic E-state index is 12.1. The molecule has 11 nitrogen and oxygen atoms in total. The molecule has 0 aliphatic carbocycles. The molecule has 0 bridgehead atoms. The lowest BCUT2D eigenvalue weighted by atomic mass is 10.0. The van der Waals surface area contributed by atoms with Crippen LogP contribution in [0.5, 0.6) is 11.5 Å². The number of rotatable bonds is 10. The van der Waals surface area contributed by atoms with Crippen LogP contribution in [0.1, 0.15) is 25.8 Å². The highest BCUT2D eigenvalue weighted by Crippen LogP contribution is 2.41. The van der Waals surface area contributed by atoms with Crippen LogP contribution in [0.3, 0.4) is 0 Å². The molecule has 0 fully saturated rings. The predicted molar refractivity (Wildman–Crippen MR) is 121 cm³/mol. The highest BCUT2D eigenvalue weighted by Gasteiger charge is 2.32. The Balaban J connectivity index is 1.44. The Hall–Kier alpha value is -3.38. The van der Waals surface area contributed by atoms with Crippen LogP contribution in [0.4, 0.5) is 11.4 Å². The summed E-state index contributed by atoms with van der Waals surface area (Å²) in [5, 5.41) is 21.7. The Bertz CT molecular complexity index is 1170. The van der Waals surface area contributed by atoms with Crippen molar-refractivity contribution in [3.8, 4) is 11.5 Å². The molecule has 0 atom stereocenters. The minimum absolute atomic E-state index is 0.0477. The van der Waals surface area contributed by atoms with E-state index in [1.54, 1.807) is 0 Å². The van der Waals surface area contributed by atoms with Crippen LogP contribution in [0.2, 0.25) is 0 Å². The van der Waals surface area contributed by atoms with E-state index in [1.165, 1.54) is 6.07 Å². The van der Waals surface area contributed by atoms with Gasteiger partial charge in [-0.2, -0.15) is 0 Å². The number of primary sulfonamides is 1. The first kappa shape index (κ1) is 24.3. The van der Waals surface area contributed by atoms with Gasteiger partial charge in [-0.15, -0.1) is 0 Å². The molecule has 1 amide bonds. The van der Waals surface area contributed by atoms with Crippen LogP contribution in [0.15, 0.2) is 41.3 Å². The van der Waals surface area contributed by atoms with Crippen molar-refractivity contribution in [3.05, 3.63) is 52.1 Å². The SMILES string of the molecule is CC1(C)Cc2cccc(OCCNC(=O)CCNc3ccc(S(N)(=O)=O)cc3[N+](=O)[O-])c2O1. The molecule has 178 valence electrons. The van der Waals surface area contributed by atoms with E-state index in [-0.39, 0.29) is 48.2 Å². The van der Waals surface area contributed by atoms with Crippen molar-refractivity contribution in [1.82, 2.24) is 5.32 Å². The second-order valence-corrected chi connectivity index (χ2v) is 9.70. The molecule has 2 aromatic rings. The standard InChI is InChI=1S/C21H26N4O7S/c1-21(2)13-14-4-3-5-18(20(14)32-21)31-11-10-24-19(26)8-9-23-16-7-6-15(33(22,29)30)12-17(16)25(27)28/h3-7,12,23H,8-11,13H2,1-2H3,(H,24,26)(H2,22,29,30). The van der Waals surface area contributed by atoms with E-state index in [9.17, 15) is 23.3 Å². The maximum Gasteiger partial charge on any atom is 0.293 e. The maximum absolute atomic E-state index is 12.1. The number of ether oxygens (including phenoxy) is 2. The number of nitro benzene ring substituents is 1. The van der Waals surface area contributed by atoms with E-state index < -0.39 is 20.6 Å². The van der Waals surface area contributed by atoms with Crippen molar-refractivity contribution in [1.29, 1.82) is 0 Å². The zero-order chi connectivity index (χ0) is 24.2. The molecular formula is C21H26N4O7S. The summed E-state index contributed by atoms with van der Waals surface area (Å²) in [5.74, 6) is 1.09. The second-order valence-electron chi connectivity index (χ2n) is 8.14. The fourth-order valence-electron chi connectivity index (χ4n) is 3.44. The third-order valence-corrected chi connectivity index (χ3v) is 5.81. The number of nitrogens with one attached hydrogen (secondary N) is 2. The van der Waals surface area contributed by atoms with Gasteiger partial charge in [0.15, 0.2) is 11.5 Å². The first-order valence-corrected chi connectivity index (χ1v) is 11.8. The Labute approximate surface area is 191 Å². The first-order valence-electron chi connectivity index (χ1n) is 10.2. The molecule has 0 aromatic heterocycles. The highest BCUT2D eigenvalue weighted by molar-refractivity contribution is 7.89. The number of hydrogen-bond donors (Lipinski definition) is 3. The predicted octanol–water partition coefficient (Wildman–Crippen LogP) is 1.95. The molecule has 33 heavy (non-hydrogen) atoms. The van der Waals surface area contributed by atoms with Gasteiger partial charge in [0.25, 0.3) is 5.69 Å². The van der Waals surface area contributed by atoms with E-state index in [4.69, 9.17) is 14.6 Å². The van der Waals surface area contributed by atoms with Crippen molar-refractivity contribution < 1.29 is 27.6 Å². The first-order chi connectivity index (χ1) is 15.5. The third-order valence-electron chi connectivity index (χ3n) is 4.90. The number of carbonyl (C=O) groups excluding carboxylic acids is 1. The van der Waals surface area contributed by atoms with Crippen LogP contribution < -0.4 is 25.2 Å². The van der Waals surface area contributed by atoms with Gasteiger partial charge >= 0.3 is 0 Å². The molecule has 1 aliphatic heterocycles.